The van der Waals surface area contributed by atoms with Gasteiger partial charge in [0.1, 0.15) is 5.75 Å². The largest absolute Gasteiger partial charge is 0.508 e. The van der Waals surface area contributed by atoms with Gasteiger partial charge >= 0.3 is 0 Å². The number of halogens is 1. The molecule has 0 radical (unpaired) electrons. The molecule has 1 unspecified atom stereocenters. The van der Waals surface area contributed by atoms with Crippen molar-refractivity contribution in [2.75, 3.05) is 0 Å². The summed E-state index contributed by atoms with van der Waals surface area (Å²) in [6.45, 7) is 1.84. The Balaban J connectivity index is 0.000001000. The Morgan fingerprint density at radius 2 is 1.91 bits per heavy atom. The average Bonchev–Trinajstić information content (AvgIpc) is 1.88. The predicted octanol–water partition coefficient (Wildman–Crippen LogP) is 1.83. The fourth-order valence-electron chi connectivity index (χ4n) is 0.873. The van der Waals surface area contributed by atoms with E-state index in [1.165, 1.54) is 0 Å². The molecule has 0 amide bonds. The lowest BCUT2D eigenvalue weighted by Gasteiger charge is -2.06. The predicted molar refractivity (Wildman–Crippen MR) is 48.0 cm³/mol. The van der Waals surface area contributed by atoms with Crippen LogP contribution in [0.2, 0.25) is 0 Å². The quantitative estimate of drug-likeness (QED) is 0.681. The molecule has 0 aliphatic carbocycles. The summed E-state index contributed by atoms with van der Waals surface area (Å²) in [5.41, 5.74) is 6.35. The van der Waals surface area contributed by atoms with E-state index in [2.05, 4.69) is 0 Å². The van der Waals surface area contributed by atoms with Crippen LogP contribution in [-0.4, -0.2) is 5.11 Å². The van der Waals surface area contributed by atoms with E-state index < -0.39 is 0 Å². The SMILES string of the molecule is CC(N)c1ccccc1O.Cl. The molecule has 1 atom stereocenters. The average molecular weight is 174 g/mol. The van der Waals surface area contributed by atoms with Crippen LogP contribution >= 0.6 is 12.4 Å². The van der Waals surface area contributed by atoms with E-state index in [1.54, 1.807) is 12.1 Å². The van der Waals surface area contributed by atoms with Crippen LogP contribution in [0.5, 0.6) is 5.75 Å². The van der Waals surface area contributed by atoms with E-state index in [1.807, 2.05) is 19.1 Å². The summed E-state index contributed by atoms with van der Waals surface area (Å²) < 4.78 is 0. The third-order valence-corrected chi connectivity index (χ3v) is 1.43. The molecule has 3 N–H and O–H groups in total. The van der Waals surface area contributed by atoms with E-state index in [4.69, 9.17) is 5.73 Å². The third-order valence-electron chi connectivity index (χ3n) is 1.43. The molecule has 1 rings (SSSR count). The summed E-state index contributed by atoms with van der Waals surface area (Å²) in [6, 6.07) is 7.00. The molecule has 11 heavy (non-hydrogen) atoms. The van der Waals surface area contributed by atoms with Gasteiger partial charge in [-0.25, -0.2) is 0 Å². The molecule has 0 aliphatic heterocycles. The normalized spacial score (nSPS) is 11.8. The van der Waals surface area contributed by atoms with Crippen LogP contribution < -0.4 is 5.73 Å². The van der Waals surface area contributed by atoms with Crippen molar-refractivity contribution < 1.29 is 5.11 Å². The standard InChI is InChI=1S/C8H11NO.ClH/c1-6(9)7-4-2-3-5-8(7)10;/h2-6,10H,9H2,1H3;1H. The first-order valence-electron chi connectivity index (χ1n) is 3.25. The minimum absolute atomic E-state index is 0. The van der Waals surface area contributed by atoms with Crippen molar-refractivity contribution >= 4 is 12.4 Å². The van der Waals surface area contributed by atoms with Gasteiger partial charge in [-0.15, -0.1) is 12.4 Å². The maximum absolute atomic E-state index is 9.20. The van der Waals surface area contributed by atoms with Crippen molar-refractivity contribution in [1.29, 1.82) is 0 Å². The van der Waals surface area contributed by atoms with Crippen LogP contribution in [0.25, 0.3) is 0 Å². The number of nitrogens with two attached hydrogens (primary N) is 1. The molecule has 0 aromatic heterocycles. The molecule has 1 aromatic rings. The fourth-order valence-corrected chi connectivity index (χ4v) is 0.873. The first-order valence-corrected chi connectivity index (χ1v) is 3.25. The summed E-state index contributed by atoms with van der Waals surface area (Å²) in [7, 11) is 0. The van der Waals surface area contributed by atoms with Gasteiger partial charge in [-0.3, -0.25) is 0 Å². The highest BCUT2D eigenvalue weighted by molar-refractivity contribution is 5.85. The van der Waals surface area contributed by atoms with E-state index >= 15 is 0 Å². The van der Waals surface area contributed by atoms with Crippen molar-refractivity contribution in [3.05, 3.63) is 29.8 Å². The molecule has 3 heteroatoms. The Kier molecular flexibility index (Phi) is 3.93. The van der Waals surface area contributed by atoms with Gasteiger partial charge in [0, 0.05) is 11.6 Å². The van der Waals surface area contributed by atoms with Crippen molar-refractivity contribution in [2.45, 2.75) is 13.0 Å². The number of benzene rings is 1. The monoisotopic (exact) mass is 173 g/mol. The minimum Gasteiger partial charge on any atom is -0.508 e. The Bertz CT molecular complexity index is 225. The number of phenolic OH excluding ortho intramolecular Hbond substituents is 1. The van der Waals surface area contributed by atoms with Crippen LogP contribution in [-0.2, 0) is 0 Å². The second-order valence-corrected chi connectivity index (χ2v) is 2.35. The second-order valence-electron chi connectivity index (χ2n) is 2.35. The lowest BCUT2D eigenvalue weighted by atomic mass is 10.1. The van der Waals surface area contributed by atoms with Gasteiger partial charge in [0.15, 0.2) is 0 Å². The van der Waals surface area contributed by atoms with Crippen LogP contribution in [0.1, 0.15) is 18.5 Å². The summed E-state index contributed by atoms with van der Waals surface area (Å²) in [5, 5.41) is 9.20. The molecule has 2 nitrogen and oxygen atoms in total. The Morgan fingerprint density at radius 1 is 1.36 bits per heavy atom. The van der Waals surface area contributed by atoms with Crippen LogP contribution in [0, 0.1) is 0 Å². The van der Waals surface area contributed by atoms with Crippen molar-refractivity contribution in [2.24, 2.45) is 5.73 Å². The number of hydrogen-bond acceptors (Lipinski definition) is 2. The topological polar surface area (TPSA) is 46.2 Å². The summed E-state index contributed by atoms with van der Waals surface area (Å²) in [6.07, 6.45) is 0. The lowest BCUT2D eigenvalue weighted by Crippen LogP contribution is -2.04. The first kappa shape index (κ1) is 10.3. The van der Waals surface area contributed by atoms with E-state index in [9.17, 15) is 5.11 Å². The number of hydrogen-bond donors (Lipinski definition) is 2. The lowest BCUT2D eigenvalue weighted by molar-refractivity contribution is 0.464. The van der Waals surface area contributed by atoms with E-state index in [0.29, 0.717) is 0 Å². The van der Waals surface area contributed by atoms with Crippen molar-refractivity contribution in [1.82, 2.24) is 0 Å². The number of phenols is 1. The highest BCUT2D eigenvalue weighted by Crippen LogP contribution is 2.20. The molecule has 0 saturated heterocycles. The zero-order valence-corrected chi connectivity index (χ0v) is 7.14. The van der Waals surface area contributed by atoms with Crippen LogP contribution in [0.3, 0.4) is 0 Å². The summed E-state index contributed by atoms with van der Waals surface area (Å²) >= 11 is 0. The fraction of sp³-hybridized carbons (Fsp3) is 0.250. The molecule has 0 fully saturated rings. The number of aromatic hydroxyl groups is 1. The Morgan fingerprint density at radius 3 is 2.27 bits per heavy atom. The molecule has 0 heterocycles. The zero-order chi connectivity index (χ0) is 7.56. The third kappa shape index (κ3) is 2.41. The van der Waals surface area contributed by atoms with Gasteiger partial charge in [0.05, 0.1) is 0 Å². The summed E-state index contributed by atoms with van der Waals surface area (Å²) in [5.74, 6) is 0.275. The summed E-state index contributed by atoms with van der Waals surface area (Å²) in [4.78, 5) is 0. The van der Waals surface area contributed by atoms with Crippen LogP contribution in [0.15, 0.2) is 24.3 Å². The van der Waals surface area contributed by atoms with E-state index in [-0.39, 0.29) is 24.2 Å². The molecular formula is C8H12ClNO. The zero-order valence-electron chi connectivity index (χ0n) is 6.32. The van der Waals surface area contributed by atoms with Gasteiger partial charge in [-0.05, 0) is 13.0 Å². The number of para-hydroxylation sites is 1. The van der Waals surface area contributed by atoms with E-state index in [0.717, 1.165) is 5.56 Å². The van der Waals surface area contributed by atoms with Gasteiger partial charge in [-0.2, -0.15) is 0 Å². The van der Waals surface area contributed by atoms with Crippen LogP contribution in [0.4, 0.5) is 0 Å². The molecule has 1 aromatic carbocycles. The smallest absolute Gasteiger partial charge is 0.120 e. The molecule has 0 saturated carbocycles. The minimum atomic E-state index is -0.0961. The molecule has 0 spiro atoms. The maximum atomic E-state index is 9.20. The molecule has 0 aliphatic rings. The van der Waals surface area contributed by atoms with Gasteiger partial charge in [0.25, 0.3) is 0 Å². The molecule has 0 bridgehead atoms. The van der Waals surface area contributed by atoms with Gasteiger partial charge in [0.2, 0.25) is 0 Å². The van der Waals surface area contributed by atoms with Crippen molar-refractivity contribution in [3.63, 3.8) is 0 Å². The van der Waals surface area contributed by atoms with Gasteiger partial charge in [-0.1, -0.05) is 18.2 Å². The maximum Gasteiger partial charge on any atom is 0.120 e. The Hall–Kier alpha value is -0.730. The molecule has 62 valence electrons. The van der Waals surface area contributed by atoms with Gasteiger partial charge < -0.3 is 10.8 Å². The highest BCUT2D eigenvalue weighted by atomic mass is 35.5. The Labute approximate surface area is 72.4 Å². The second kappa shape index (κ2) is 4.21. The van der Waals surface area contributed by atoms with Crippen molar-refractivity contribution in [3.8, 4) is 5.75 Å². The first-order chi connectivity index (χ1) is 4.72. The molecular weight excluding hydrogens is 162 g/mol. The number of rotatable bonds is 1. The highest BCUT2D eigenvalue weighted by Gasteiger charge is 2.02.